The molecule has 1 aliphatic heterocycles. The lowest BCUT2D eigenvalue weighted by Gasteiger charge is -2.29. The molecule has 9 nitrogen and oxygen atoms in total. The Morgan fingerprint density at radius 1 is 1.14 bits per heavy atom. The van der Waals surface area contributed by atoms with E-state index < -0.39 is 0 Å². The number of nitrogens with zero attached hydrogens (tertiary/aromatic N) is 6. The van der Waals surface area contributed by atoms with Crippen molar-refractivity contribution in [3.05, 3.63) is 63.9 Å². The molecule has 0 N–H and O–H groups in total. The van der Waals surface area contributed by atoms with Crippen LogP contribution in [0.4, 0.5) is 11.5 Å². The summed E-state index contributed by atoms with van der Waals surface area (Å²) in [6.07, 6.45) is 6.78. The van der Waals surface area contributed by atoms with E-state index in [1.165, 1.54) is 11.6 Å². The molecule has 0 spiro atoms. The van der Waals surface area contributed by atoms with Gasteiger partial charge in [-0.05, 0) is 44.0 Å². The van der Waals surface area contributed by atoms with Gasteiger partial charge >= 0.3 is 5.69 Å². The highest BCUT2D eigenvalue weighted by Crippen LogP contribution is 2.30. The highest BCUT2D eigenvalue weighted by Gasteiger charge is 2.24. The van der Waals surface area contributed by atoms with Gasteiger partial charge in [-0.2, -0.15) is 4.98 Å². The van der Waals surface area contributed by atoms with E-state index in [1.807, 2.05) is 30.0 Å². The molecule has 0 radical (unpaired) electrons. The largest absolute Gasteiger partial charge is 0.350 e. The predicted octanol–water partition coefficient (Wildman–Crippen LogP) is 3.43. The van der Waals surface area contributed by atoms with Crippen molar-refractivity contribution in [2.75, 3.05) is 18.0 Å². The Balaban J connectivity index is 1.47. The zero-order chi connectivity index (χ0) is 19.5. The Bertz CT molecular complexity index is 1020. The van der Waals surface area contributed by atoms with Crippen LogP contribution in [0.1, 0.15) is 24.4 Å². The van der Waals surface area contributed by atoms with Crippen LogP contribution in [-0.2, 0) is 0 Å². The summed E-state index contributed by atoms with van der Waals surface area (Å²) in [4.78, 5) is 25.6. The predicted molar refractivity (Wildman–Crippen MR) is 103 cm³/mol. The number of nitro groups is 1. The molecule has 4 rings (SSSR count). The summed E-state index contributed by atoms with van der Waals surface area (Å²) in [5.41, 5.74) is 2.80. The van der Waals surface area contributed by atoms with Crippen molar-refractivity contribution in [1.29, 1.82) is 0 Å². The topological polar surface area (TPSA) is 111 Å². The van der Waals surface area contributed by atoms with Crippen LogP contribution in [0.2, 0.25) is 0 Å². The van der Waals surface area contributed by atoms with Gasteiger partial charge in [0.15, 0.2) is 5.82 Å². The number of hydrogen-bond acceptors (Lipinski definition) is 8. The van der Waals surface area contributed by atoms with E-state index in [0.717, 1.165) is 24.1 Å². The van der Waals surface area contributed by atoms with Gasteiger partial charge in [-0.3, -0.25) is 15.1 Å². The first-order chi connectivity index (χ1) is 13.6. The van der Waals surface area contributed by atoms with E-state index in [4.69, 9.17) is 4.52 Å². The minimum Gasteiger partial charge on any atom is -0.350 e. The number of piperidine rings is 1. The van der Waals surface area contributed by atoms with E-state index in [9.17, 15) is 10.1 Å². The Morgan fingerprint density at radius 3 is 2.61 bits per heavy atom. The quantitative estimate of drug-likeness (QED) is 0.501. The maximum absolute atomic E-state index is 11.3. The fraction of sp³-hybridized carbons (Fsp3) is 0.263. The number of aromatic nitrogens is 4. The van der Waals surface area contributed by atoms with Crippen LogP contribution < -0.4 is 4.90 Å². The number of anilines is 1. The second-order valence-corrected chi connectivity index (χ2v) is 6.54. The minimum absolute atomic E-state index is 0.0400. The van der Waals surface area contributed by atoms with E-state index in [2.05, 4.69) is 20.1 Å². The standard InChI is InChI=1S/C19H18N6O3/c1-13-2-3-16(25(26)27)18(21-13)24-10-6-14(7-11-24)12-17-22-19(28-23-17)15-4-8-20-9-5-15/h2-5,8-9,12H,6-7,10-11H2,1H3. The molecule has 28 heavy (non-hydrogen) atoms. The minimum atomic E-state index is -0.382. The zero-order valence-electron chi connectivity index (χ0n) is 15.3. The van der Waals surface area contributed by atoms with Gasteiger partial charge in [0.05, 0.1) is 4.92 Å². The van der Waals surface area contributed by atoms with Gasteiger partial charge in [0.1, 0.15) is 0 Å². The van der Waals surface area contributed by atoms with Crippen molar-refractivity contribution in [1.82, 2.24) is 20.1 Å². The lowest BCUT2D eigenvalue weighted by Crippen LogP contribution is -2.32. The summed E-state index contributed by atoms with van der Waals surface area (Å²) in [6, 6.07) is 6.80. The van der Waals surface area contributed by atoms with Crippen LogP contribution in [0.5, 0.6) is 0 Å². The Kier molecular flexibility index (Phi) is 4.79. The van der Waals surface area contributed by atoms with Crippen LogP contribution in [0.3, 0.4) is 0 Å². The van der Waals surface area contributed by atoms with Crippen LogP contribution in [0.25, 0.3) is 17.5 Å². The van der Waals surface area contributed by atoms with Gasteiger partial charge in [0, 0.05) is 42.8 Å². The van der Waals surface area contributed by atoms with Gasteiger partial charge in [-0.25, -0.2) is 4.98 Å². The third-order valence-corrected chi connectivity index (χ3v) is 4.60. The first kappa shape index (κ1) is 17.8. The van der Waals surface area contributed by atoms with Crippen LogP contribution in [-0.4, -0.2) is 38.1 Å². The third-order valence-electron chi connectivity index (χ3n) is 4.60. The average molecular weight is 378 g/mol. The summed E-state index contributed by atoms with van der Waals surface area (Å²) >= 11 is 0. The summed E-state index contributed by atoms with van der Waals surface area (Å²) in [5, 5.41) is 15.3. The van der Waals surface area contributed by atoms with Gasteiger partial charge < -0.3 is 9.42 Å². The molecule has 142 valence electrons. The normalized spacial score (nSPS) is 14.2. The molecule has 3 aromatic heterocycles. The van der Waals surface area contributed by atoms with E-state index in [0.29, 0.717) is 30.6 Å². The molecule has 1 saturated heterocycles. The Hall–Kier alpha value is -3.62. The van der Waals surface area contributed by atoms with Crippen LogP contribution >= 0.6 is 0 Å². The first-order valence-electron chi connectivity index (χ1n) is 8.91. The monoisotopic (exact) mass is 378 g/mol. The number of rotatable bonds is 4. The highest BCUT2D eigenvalue weighted by molar-refractivity contribution is 5.60. The molecule has 0 saturated carbocycles. The molecule has 1 fully saturated rings. The maximum Gasteiger partial charge on any atom is 0.311 e. The SMILES string of the molecule is Cc1ccc([N+](=O)[O-])c(N2CCC(=Cc3noc(-c4ccncc4)n3)CC2)n1. The van der Waals surface area contributed by atoms with Crippen molar-refractivity contribution in [2.24, 2.45) is 0 Å². The molecule has 1 aliphatic rings. The maximum atomic E-state index is 11.3. The smallest absolute Gasteiger partial charge is 0.311 e. The van der Waals surface area contributed by atoms with E-state index >= 15 is 0 Å². The van der Waals surface area contributed by atoms with Crippen molar-refractivity contribution in [3.8, 4) is 11.5 Å². The molecule has 0 aromatic carbocycles. The van der Waals surface area contributed by atoms with E-state index in [1.54, 1.807) is 18.5 Å². The zero-order valence-corrected chi connectivity index (χ0v) is 15.3. The molecule has 0 bridgehead atoms. The first-order valence-corrected chi connectivity index (χ1v) is 8.91. The van der Waals surface area contributed by atoms with Crippen molar-refractivity contribution < 1.29 is 9.45 Å². The number of aryl methyl sites for hydroxylation is 1. The second-order valence-electron chi connectivity index (χ2n) is 6.54. The molecule has 4 heterocycles. The van der Waals surface area contributed by atoms with Gasteiger partial charge in [-0.15, -0.1) is 0 Å². The molecule has 0 aliphatic carbocycles. The molecule has 0 atom stereocenters. The molecule has 0 amide bonds. The average Bonchev–Trinajstić information content (AvgIpc) is 3.17. The lowest BCUT2D eigenvalue weighted by atomic mass is 10.0. The molecule has 0 unspecified atom stereocenters. The third kappa shape index (κ3) is 3.73. The highest BCUT2D eigenvalue weighted by atomic mass is 16.6. The van der Waals surface area contributed by atoms with E-state index in [-0.39, 0.29) is 10.6 Å². The van der Waals surface area contributed by atoms with Gasteiger partial charge in [0.25, 0.3) is 5.89 Å². The molecule has 3 aromatic rings. The summed E-state index contributed by atoms with van der Waals surface area (Å²) in [7, 11) is 0. The second kappa shape index (κ2) is 7.55. The van der Waals surface area contributed by atoms with Gasteiger partial charge in [-0.1, -0.05) is 10.7 Å². The fourth-order valence-electron chi connectivity index (χ4n) is 3.15. The molecular weight excluding hydrogens is 360 g/mol. The van der Waals surface area contributed by atoms with Crippen LogP contribution in [0, 0.1) is 17.0 Å². The number of hydrogen-bond donors (Lipinski definition) is 0. The van der Waals surface area contributed by atoms with Crippen LogP contribution in [0.15, 0.2) is 46.8 Å². The van der Waals surface area contributed by atoms with Crippen molar-refractivity contribution in [2.45, 2.75) is 19.8 Å². The lowest BCUT2D eigenvalue weighted by molar-refractivity contribution is -0.384. The Morgan fingerprint density at radius 2 is 1.89 bits per heavy atom. The summed E-state index contributed by atoms with van der Waals surface area (Å²) in [6.45, 7) is 3.13. The molecule has 9 heteroatoms. The van der Waals surface area contributed by atoms with Crippen molar-refractivity contribution >= 4 is 17.6 Å². The van der Waals surface area contributed by atoms with Crippen molar-refractivity contribution in [3.63, 3.8) is 0 Å². The molecular formula is C19H18N6O3. The fourth-order valence-corrected chi connectivity index (χ4v) is 3.15. The Labute approximate surface area is 160 Å². The summed E-state index contributed by atoms with van der Waals surface area (Å²) < 4.78 is 5.31. The van der Waals surface area contributed by atoms with Gasteiger partial charge in [0.2, 0.25) is 5.82 Å². The number of pyridine rings is 2. The summed E-state index contributed by atoms with van der Waals surface area (Å²) in [5.74, 6) is 1.41.